The molecule has 0 saturated carbocycles. The smallest absolute Gasteiger partial charge is 0.257 e. The fourth-order valence-corrected chi connectivity index (χ4v) is 2.04. The Labute approximate surface area is 108 Å². The molecule has 0 radical (unpaired) electrons. The van der Waals surface area contributed by atoms with Crippen molar-refractivity contribution in [2.24, 2.45) is 5.92 Å². The number of rotatable bonds is 5. The average molecular weight is 247 g/mol. The summed E-state index contributed by atoms with van der Waals surface area (Å²) in [6.07, 6.45) is 11.5. The monoisotopic (exact) mass is 247 g/mol. The van der Waals surface area contributed by atoms with Crippen LogP contribution in [0.2, 0.25) is 0 Å². The van der Waals surface area contributed by atoms with E-state index in [-0.39, 0.29) is 6.10 Å². The normalized spacial score (nSPS) is 18.9. The minimum Gasteiger partial charge on any atom is -0.472 e. The third-order valence-corrected chi connectivity index (χ3v) is 2.95. The maximum absolute atomic E-state index is 5.64. The Bertz CT molecular complexity index is 404. The largest absolute Gasteiger partial charge is 0.472 e. The van der Waals surface area contributed by atoms with Gasteiger partial charge in [-0.15, -0.1) is 0 Å². The lowest BCUT2D eigenvalue weighted by molar-refractivity contribution is 0.233. The summed E-state index contributed by atoms with van der Waals surface area (Å²) < 4.78 is 5.64. The molecule has 98 valence electrons. The Morgan fingerprint density at radius 3 is 2.89 bits per heavy atom. The summed E-state index contributed by atoms with van der Waals surface area (Å²) in [7, 11) is 0. The molecule has 1 aromatic heterocycles. The quantitative estimate of drug-likeness (QED) is 0.812. The summed E-state index contributed by atoms with van der Waals surface area (Å²) in [6, 6.07) is 0. The molecular formula is C14H21N3O. The first-order valence-corrected chi connectivity index (χ1v) is 6.62. The van der Waals surface area contributed by atoms with Gasteiger partial charge in [-0.05, 0) is 39.0 Å². The molecule has 0 amide bonds. The van der Waals surface area contributed by atoms with Crippen LogP contribution in [0.15, 0.2) is 24.5 Å². The second kappa shape index (κ2) is 6.38. The zero-order valence-corrected chi connectivity index (χ0v) is 11.1. The van der Waals surface area contributed by atoms with Gasteiger partial charge in [-0.2, -0.15) is 0 Å². The second-order valence-electron chi connectivity index (χ2n) is 4.91. The molecule has 0 bridgehead atoms. The Hall–Kier alpha value is -1.58. The van der Waals surface area contributed by atoms with Crippen LogP contribution in [0.1, 0.15) is 33.1 Å². The Balaban J connectivity index is 1.93. The van der Waals surface area contributed by atoms with Crippen LogP contribution in [0.3, 0.4) is 0 Å². The van der Waals surface area contributed by atoms with Crippen molar-refractivity contribution in [2.45, 2.75) is 39.2 Å². The highest BCUT2D eigenvalue weighted by molar-refractivity contribution is 5.44. The van der Waals surface area contributed by atoms with E-state index in [1.165, 1.54) is 12.8 Å². The Morgan fingerprint density at radius 1 is 1.33 bits per heavy atom. The number of aromatic nitrogens is 2. The molecule has 4 nitrogen and oxygen atoms in total. The van der Waals surface area contributed by atoms with Crippen LogP contribution < -0.4 is 10.1 Å². The van der Waals surface area contributed by atoms with E-state index < -0.39 is 0 Å². The third kappa shape index (κ3) is 3.72. The van der Waals surface area contributed by atoms with Crippen molar-refractivity contribution in [3.8, 4) is 5.88 Å². The van der Waals surface area contributed by atoms with Crippen LogP contribution in [-0.2, 0) is 0 Å². The van der Waals surface area contributed by atoms with E-state index in [0.29, 0.717) is 11.8 Å². The maximum atomic E-state index is 5.64. The lowest BCUT2D eigenvalue weighted by atomic mass is 9.94. The van der Waals surface area contributed by atoms with Crippen LogP contribution in [0.25, 0.3) is 0 Å². The number of hydrogen-bond acceptors (Lipinski definition) is 4. The molecule has 1 heterocycles. The van der Waals surface area contributed by atoms with E-state index in [9.17, 15) is 0 Å². The van der Waals surface area contributed by atoms with Gasteiger partial charge in [0.25, 0.3) is 5.88 Å². The predicted octanol–water partition coefficient (Wildman–Crippen LogP) is 3.03. The number of nitrogens with zero attached hydrogens (tertiary/aromatic N) is 2. The molecule has 0 aromatic carbocycles. The zero-order valence-electron chi connectivity index (χ0n) is 11.1. The summed E-state index contributed by atoms with van der Waals surface area (Å²) >= 11 is 0. The van der Waals surface area contributed by atoms with E-state index in [2.05, 4.69) is 27.4 Å². The molecule has 1 atom stereocenters. The highest BCUT2D eigenvalue weighted by atomic mass is 16.5. The first-order valence-electron chi connectivity index (χ1n) is 6.62. The summed E-state index contributed by atoms with van der Waals surface area (Å²) in [6.45, 7) is 4.91. The molecule has 1 unspecified atom stereocenters. The zero-order chi connectivity index (χ0) is 12.8. The van der Waals surface area contributed by atoms with Crippen molar-refractivity contribution in [1.29, 1.82) is 0 Å². The van der Waals surface area contributed by atoms with E-state index in [4.69, 9.17) is 4.74 Å². The van der Waals surface area contributed by atoms with E-state index in [1.54, 1.807) is 12.4 Å². The molecule has 1 aromatic rings. The highest BCUT2D eigenvalue weighted by Gasteiger charge is 2.12. The van der Waals surface area contributed by atoms with Crippen molar-refractivity contribution < 1.29 is 4.74 Å². The van der Waals surface area contributed by atoms with Gasteiger partial charge in [-0.1, -0.05) is 12.2 Å². The number of allylic oxidation sites excluding steroid dienone is 2. The van der Waals surface area contributed by atoms with E-state index >= 15 is 0 Å². The fraction of sp³-hybridized carbons (Fsp3) is 0.571. The van der Waals surface area contributed by atoms with Gasteiger partial charge in [0, 0.05) is 18.9 Å². The van der Waals surface area contributed by atoms with Gasteiger partial charge in [-0.3, -0.25) is 0 Å². The highest BCUT2D eigenvalue weighted by Crippen LogP contribution is 2.22. The van der Waals surface area contributed by atoms with Gasteiger partial charge in [-0.25, -0.2) is 9.97 Å². The number of nitrogens with one attached hydrogen (secondary N) is 1. The summed E-state index contributed by atoms with van der Waals surface area (Å²) in [5.41, 5.74) is 0. The summed E-state index contributed by atoms with van der Waals surface area (Å²) in [5.74, 6) is 2.03. The van der Waals surface area contributed by atoms with Crippen LogP contribution in [0.5, 0.6) is 5.88 Å². The first-order chi connectivity index (χ1) is 8.75. The molecule has 4 heteroatoms. The van der Waals surface area contributed by atoms with Crippen molar-refractivity contribution in [1.82, 2.24) is 9.97 Å². The lowest BCUT2D eigenvalue weighted by Crippen LogP contribution is -2.17. The summed E-state index contributed by atoms with van der Waals surface area (Å²) in [4.78, 5) is 8.52. The van der Waals surface area contributed by atoms with Gasteiger partial charge in [0.2, 0.25) is 0 Å². The average Bonchev–Trinajstić information content (AvgIpc) is 2.38. The van der Waals surface area contributed by atoms with Crippen molar-refractivity contribution in [3.63, 3.8) is 0 Å². The SMILES string of the molecule is CC(C)Oc1nccnc1NCC1CC=CCC1. The molecule has 18 heavy (non-hydrogen) atoms. The summed E-state index contributed by atoms with van der Waals surface area (Å²) in [5, 5.41) is 3.36. The van der Waals surface area contributed by atoms with Crippen molar-refractivity contribution in [3.05, 3.63) is 24.5 Å². The molecular weight excluding hydrogens is 226 g/mol. The Morgan fingerprint density at radius 2 is 2.17 bits per heavy atom. The van der Waals surface area contributed by atoms with E-state index in [0.717, 1.165) is 18.8 Å². The fourth-order valence-electron chi connectivity index (χ4n) is 2.04. The topological polar surface area (TPSA) is 47.0 Å². The molecule has 2 rings (SSSR count). The second-order valence-corrected chi connectivity index (χ2v) is 4.91. The first kappa shape index (κ1) is 12.9. The van der Waals surface area contributed by atoms with Crippen molar-refractivity contribution >= 4 is 5.82 Å². The third-order valence-electron chi connectivity index (χ3n) is 2.95. The molecule has 0 aliphatic heterocycles. The van der Waals surface area contributed by atoms with Crippen LogP contribution in [0.4, 0.5) is 5.82 Å². The van der Waals surface area contributed by atoms with Crippen LogP contribution in [0, 0.1) is 5.92 Å². The van der Waals surface area contributed by atoms with Crippen molar-refractivity contribution in [2.75, 3.05) is 11.9 Å². The minimum absolute atomic E-state index is 0.111. The van der Waals surface area contributed by atoms with Gasteiger partial charge in [0.05, 0.1) is 6.10 Å². The lowest BCUT2D eigenvalue weighted by Gasteiger charge is -2.19. The molecule has 1 aliphatic carbocycles. The van der Waals surface area contributed by atoms with Crippen LogP contribution in [-0.4, -0.2) is 22.6 Å². The van der Waals surface area contributed by atoms with Gasteiger partial charge < -0.3 is 10.1 Å². The molecule has 1 aliphatic rings. The van der Waals surface area contributed by atoms with E-state index in [1.807, 2.05) is 13.8 Å². The number of ether oxygens (including phenoxy) is 1. The van der Waals surface area contributed by atoms with Gasteiger partial charge in [0.15, 0.2) is 5.82 Å². The minimum atomic E-state index is 0.111. The maximum Gasteiger partial charge on any atom is 0.257 e. The molecule has 0 fully saturated rings. The van der Waals surface area contributed by atoms with Crippen LogP contribution >= 0.6 is 0 Å². The number of hydrogen-bond donors (Lipinski definition) is 1. The molecule has 0 saturated heterocycles. The predicted molar refractivity (Wildman–Crippen MR) is 72.8 cm³/mol. The molecule has 1 N–H and O–H groups in total. The standard InChI is InChI=1S/C14H21N3O/c1-11(2)18-14-13(15-8-9-16-14)17-10-12-6-4-3-5-7-12/h3-4,8-9,11-12H,5-7,10H2,1-2H3,(H,15,17). The molecule has 0 spiro atoms. The Kier molecular flexibility index (Phi) is 4.56. The van der Waals surface area contributed by atoms with Gasteiger partial charge in [0.1, 0.15) is 0 Å². The van der Waals surface area contributed by atoms with Gasteiger partial charge >= 0.3 is 0 Å². The number of anilines is 1.